The van der Waals surface area contributed by atoms with E-state index in [-0.39, 0.29) is 23.1 Å². The second-order valence-electron chi connectivity index (χ2n) is 5.43. The summed E-state index contributed by atoms with van der Waals surface area (Å²) in [6.07, 6.45) is 0. The molecule has 7 nitrogen and oxygen atoms in total. The molecule has 1 amide bonds. The second-order valence-corrected chi connectivity index (χ2v) is 5.86. The summed E-state index contributed by atoms with van der Waals surface area (Å²) in [6.45, 7) is 2.68. The number of nitro benzene ring substituents is 1. The Morgan fingerprint density at radius 2 is 2.00 bits per heavy atom. The lowest BCUT2D eigenvalue weighted by Gasteiger charge is -2.21. The van der Waals surface area contributed by atoms with Crippen LogP contribution >= 0.6 is 11.6 Å². The van der Waals surface area contributed by atoms with Crippen LogP contribution in [0.15, 0.2) is 36.4 Å². The van der Waals surface area contributed by atoms with Crippen LogP contribution in [0.25, 0.3) is 0 Å². The Labute approximate surface area is 148 Å². The van der Waals surface area contributed by atoms with Gasteiger partial charge in [0.05, 0.1) is 4.92 Å². The van der Waals surface area contributed by atoms with Crippen molar-refractivity contribution in [2.75, 3.05) is 13.3 Å². The van der Waals surface area contributed by atoms with Crippen LogP contribution in [-0.2, 0) is 6.54 Å². The molecule has 0 atom stereocenters. The molecular weight excluding hydrogens is 348 g/mol. The van der Waals surface area contributed by atoms with Crippen LogP contribution in [0.2, 0.25) is 5.02 Å². The molecule has 0 fully saturated rings. The Morgan fingerprint density at radius 3 is 2.72 bits per heavy atom. The van der Waals surface area contributed by atoms with Gasteiger partial charge in [0.25, 0.3) is 11.6 Å². The van der Waals surface area contributed by atoms with Crippen LogP contribution in [-0.4, -0.2) is 29.1 Å². The van der Waals surface area contributed by atoms with Gasteiger partial charge in [0.2, 0.25) is 6.79 Å². The number of carbonyl (C=O) groups excluding carboxylic acids is 1. The number of hydrogen-bond acceptors (Lipinski definition) is 5. The Kier molecular flexibility index (Phi) is 4.76. The van der Waals surface area contributed by atoms with Gasteiger partial charge in [-0.05, 0) is 36.8 Å². The van der Waals surface area contributed by atoms with E-state index in [1.54, 1.807) is 12.1 Å². The Hall–Kier alpha value is -2.80. The number of fused-ring (bicyclic) bond motifs is 1. The maximum Gasteiger partial charge on any atom is 0.283 e. The first-order valence-corrected chi connectivity index (χ1v) is 7.99. The first kappa shape index (κ1) is 17.0. The number of halogens is 1. The molecule has 0 radical (unpaired) electrons. The SMILES string of the molecule is CCN(Cc1ccc2c(c1)OCO2)C(=O)c1ccc(Cl)cc1[N+](=O)[O-]. The monoisotopic (exact) mass is 362 g/mol. The van der Waals surface area contributed by atoms with Crippen molar-refractivity contribution in [3.63, 3.8) is 0 Å². The topological polar surface area (TPSA) is 81.9 Å². The maximum absolute atomic E-state index is 12.8. The van der Waals surface area contributed by atoms with E-state index in [0.717, 1.165) is 5.56 Å². The van der Waals surface area contributed by atoms with E-state index in [1.807, 2.05) is 13.0 Å². The zero-order valence-corrected chi connectivity index (χ0v) is 14.2. The van der Waals surface area contributed by atoms with E-state index in [9.17, 15) is 14.9 Å². The van der Waals surface area contributed by atoms with Crippen molar-refractivity contribution < 1.29 is 19.2 Å². The van der Waals surface area contributed by atoms with Crippen molar-refractivity contribution >= 4 is 23.2 Å². The molecule has 2 aromatic carbocycles. The molecule has 130 valence electrons. The number of amides is 1. The van der Waals surface area contributed by atoms with E-state index in [4.69, 9.17) is 21.1 Å². The normalized spacial score (nSPS) is 12.1. The highest BCUT2D eigenvalue weighted by Gasteiger charge is 2.25. The lowest BCUT2D eigenvalue weighted by molar-refractivity contribution is -0.385. The van der Waals surface area contributed by atoms with Crippen molar-refractivity contribution in [1.82, 2.24) is 4.90 Å². The number of nitro groups is 1. The summed E-state index contributed by atoms with van der Waals surface area (Å²) in [6, 6.07) is 9.44. The molecule has 0 N–H and O–H groups in total. The molecule has 8 heteroatoms. The summed E-state index contributed by atoms with van der Waals surface area (Å²) in [5.41, 5.74) is 0.551. The first-order chi connectivity index (χ1) is 12.0. The number of nitrogens with zero attached hydrogens (tertiary/aromatic N) is 2. The third kappa shape index (κ3) is 3.51. The molecule has 0 unspecified atom stereocenters. The average Bonchev–Trinajstić information content (AvgIpc) is 3.06. The fraction of sp³-hybridized carbons (Fsp3) is 0.235. The van der Waals surface area contributed by atoms with E-state index >= 15 is 0 Å². The summed E-state index contributed by atoms with van der Waals surface area (Å²) in [4.78, 5) is 24.9. The fourth-order valence-electron chi connectivity index (χ4n) is 2.59. The average molecular weight is 363 g/mol. The van der Waals surface area contributed by atoms with Crippen LogP contribution < -0.4 is 9.47 Å². The highest BCUT2D eigenvalue weighted by Crippen LogP contribution is 2.33. The van der Waals surface area contributed by atoms with Crippen LogP contribution in [0.1, 0.15) is 22.8 Å². The van der Waals surface area contributed by atoms with Gasteiger partial charge in [-0.3, -0.25) is 14.9 Å². The number of ether oxygens (including phenoxy) is 2. The molecule has 0 aromatic heterocycles. The number of hydrogen-bond donors (Lipinski definition) is 0. The predicted octanol–water partition coefficient (Wildman–Crippen LogP) is 3.64. The smallest absolute Gasteiger partial charge is 0.283 e. The van der Waals surface area contributed by atoms with Gasteiger partial charge >= 0.3 is 0 Å². The standard InChI is InChI=1S/C17H15ClN2O5/c1-2-19(9-11-3-6-15-16(7-11)25-10-24-15)17(21)13-5-4-12(18)8-14(13)20(22)23/h3-8H,2,9-10H2,1H3. The lowest BCUT2D eigenvalue weighted by atomic mass is 10.1. The molecule has 0 aliphatic carbocycles. The van der Waals surface area contributed by atoms with E-state index in [1.165, 1.54) is 23.1 Å². The quantitative estimate of drug-likeness (QED) is 0.599. The minimum atomic E-state index is -0.604. The van der Waals surface area contributed by atoms with Gasteiger partial charge < -0.3 is 14.4 Å². The van der Waals surface area contributed by atoms with Crippen molar-refractivity contribution in [1.29, 1.82) is 0 Å². The van der Waals surface area contributed by atoms with E-state index in [0.29, 0.717) is 24.6 Å². The van der Waals surface area contributed by atoms with Crippen LogP contribution in [0.4, 0.5) is 5.69 Å². The summed E-state index contributed by atoms with van der Waals surface area (Å²) in [5, 5.41) is 11.4. The summed E-state index contributed by atoms with van der Waals surface area (Å²) < 4.78 is 10.6. The largest absolute Gasteiger partial charge is 0.454 e. The molecule has 0 saturated heterocycles. The minimum Gasteiger partial charge on any atom is -0.454 e. The molecule has 3 rings (SSSR count). The van der Waals surface area contributed by atoms with Gasteiger partial charge in [-0.25, -0.2) is 0 Å². The molecule has 0 saturated carbocycles. The van der Waals surface area contributed by atoms with Crippen molar-refractivity contribution in [3.8, 4) is 11.5 Å². The number of benzene rings is 2. The Morgan fingerprint density at radius 1 is 1.24 bits per heavy atom. The highest BCUT2D eigenvalue weighted by molar-refractivity contribution is 6.31. The van der Waals surface area contributed by atoms with Crippen molar-refractivity contribution in [2.45, 2.75) is 13.5 Å². The summed E-state index contributed by atoms with van der Waals surface area (Å²) >= 11 is 5.81. The fourth-order valence-corrected chi connectivity index (χ4v) is 2.76. The molecular formula is C17H15ClN2O5. The van der Waals surface area contributed by atoms with Gasteiger partial charge in [-0.1, -0.05) is 17.7 Å². The molecule has 1 aliphatic rings. The Balaban J connectivity index is 1.86. The summed E-state index contributed by atoms with van der Waals surface area (Å²) in [7, 11) is 0. The molecule has 0 bridgehead atoms. The predicted molar refractivity (Wildman–Crippen MR) is 91.1 cm³/mol. The van der Waals surface area contributed by atoms with Gasteiger partial charge in [0.15, 0.2) is 11.5 Å². The molecule has 1 aliphatic heterocycles. The van der Waals surface area contributed by atoms with Crippen molar-refractivity contribution in [2.24, 2.45) is 0 Å². The van der Waals surface area contributed by atoms with Gasteiger partial charge in [-0.2, -0.15) is 0 Å². The van der Waals surface area contributed by atoms with Gasteiger partial charge in [0.1, 0.15) is 5.56 Å². The van der Waals surface area contributed by atoms with Crippen molar-refractivity contribution in [3.05, 3.63) is 62.7 Å². The minimum absolute atomic E-state index is 0.0111. The maximum atomic E-state index is 12.8. The van der Waals surface area contributed by atoms with Gasteiger partial charge in [-0.15, -0.1) is 0 Å². The van der Waals surface area contributed by atoms with E-state index < -0.39 is 10.8 Å². The second kappa shape index (κ2) is 6.98. The molecule has 1 heterocycles. The molecule has 2 aromatic rings. The van der Waals surface area contributed by atoms with Gasteiger partial charge in [0, 0.05) is 24.2 Å². The third-order valence-corrected chi connectivity index (χ3v) is 4.10. The number of carbonyl (C=O) groups is 1. The highest BCUT2D eigenvalue weighted by atomic mass is 35.5. The zero-order valence-electron chi connectivity index (χ0n) is 13.4. The third-order valence-electron chi connectivity index (χ3n) is 3.87. The molecule has 25 heavy (non-hydrogen) atoms. The summed E-state index contributed by atoms with van der Waals surface area (Å²) in [5.74, 6) is 0.855. The lowest BCUT2D eigenvalue weighted by Crippen LogP contribution is -2.30. The first-order valence-electron chi connectivity index (χ1n) is 7.61. The zero-order chi connectivity index (χ0) is 18.0. The number of rotatable bonds is 5. The van der Waals surface area contributed by atoms with Crippen LogP contribution in [0.5, 0.6) is 11.5 Å². The van der Waals surface area contributed by atoms with Crippen LogP contribution in [0.3, 0.4) is 0 Å². The van der Waals surface area contributed by atoms with E-state index in [2.05, 4.69) is 0 Å². The molecule has 0 spiro atoms. The van der Waals surface area contributed by atoms with Crippen LogP contribution in [0, 0.1) is 10.1 Å². The Bertz CT molecular complexity index is 840.